The molecule has 0 radical (unpaired) electrons. The van der Waals surface area contributed by atoms with Crippen molar-refractivity contribution in [2.24, 2.45) is 0 Å². The molecule has 1 saturated heterocycles. The molecular formula is C15H15FIN3. The van der Waals surface area contributed by atoms with Gasteiger partial charge in [-0.3, -0.25) is 4.98 Å². The average Bonchev–Trinajstić information content (AvgIpc) is 2.93. The second-order valence-corrected chi connectivity index (χ2v) is 6.13. The number of nitrogen functional groups attached to an aromatic ring is 1. The van der Waals surface area contributed by atoms with Gasteiger partial charge in [0.15, 0.2) is 0 Å². The van der Waals surface area contributed by atoms with Crippen LogP contribution in [0.15, 0.2) is 36.7 Å². The van der Waals surface area contributed by atoms with Gasteiger partial charge in [-0.2, -0.15) is 0 Å². The highest BCUT2D eigenvalue weighted by molar-refractivity contribution is 14.1. The number of benzene rings is 1. The first-order chi connectivity index (χ1) is 9.66. The molecule has 1 atom stereocenters. The van der Waals surface area contributed by atoms with E-state index in [0.29, 0.717) is 9.26 Å². The highest BCUT2D eigenvalue weighted by Crippen LogP contribution is 2.39. The van der Waals surface area contributed by atoms with Gasteiger partial charge < -0.3 is 10.6 Å². The highest BCUT2D eigenvalue weighted by Gasteiger charge is 2.28. The first-order valence-electron chi connectivity index (χ1n) is 6.58. The first kappa shape index (κ1) is 13.6. The SMILES string of the molecule is Nc1cc(I)c(F)cc1N1CCCC1c1cccnc1. The van der Waals surface area contributed by atoms with Crippen LogP contribution < -0.4 is 10.6 Å². The van der Waals surface area contributed by atoms with Gasteiger partial charge in [-0.05, 0) is 53.1 Å². The summed E-state index contributed by atoms with van der Waals surface area (Å²) in [6.45, 7) is 0.893. The summed E-state index contributed by atoms with van der Waals surface area (Å²) in [5, 5.41) is 0. The lowest BCUT2D eigenvalue weighted by Crippen LogP contribution is -2.24. The molecule has 2 N–H and O–H groups in total. The Morgan fingerprint density at radius 2 is 2.25 bits per heavy atom. The number of nitrogens with zero attached hydrogens (tertiary/aromatic N) is 2. The summed E-state index contributed by atoms with van der Waals surface area (Å²) >= 11 is 1.96. The maximum Gasteiger partial charge on any atom is 0.138 e. The second-order valence-electron chi connectivity index (χ2n) is 4.96. The zero-order valence-corrected chi connectivity index (χ0v) is 13.0. The lowest BCUT2D eigenvalue weighted by Gasteiger charge is -2.28. The monoisotopic (exact) mass is 383 g/mol. The van der Waals surface area contributed by atoms with Crippen molar-refractivity contribution < 1.29 is 4.39 Å². The number of nitrogens with two attached hydrogens (primary N) is 1. The molecule has 1 aliphatic heterocycles. The van der Waals surface area contributed by atoms with Crippen molar-refractivity contribution >= 4 is 34.0 Å². The molecule has 0 aliphatic carbocycles. The van der Waals surface area contributed by atoms with Crippen LogP contribution in [0.4, 0.5) is 15.8 Å². The van der Waals surface area contributed by atoms with Gasteiger partial charge in [0.2, 0.25) is 0 Å². The molecule has 2 aromatic rings. The molecule has 0 bridgehead atoms. The summed E-state index contributed by atoms with van der Waals surface area (Å²) in [5.74, 6) is -0.216. The zero-order chi connectivity index (χ0) is 14.1. The molecule has 1 aromatic heterocycles. The molecule has 0 amide bonds. The molecule has 5 heteroatoms. The molecule has 1 unspecified atom stereocenters. The minimum absolute atomic E-state index is 0.216. The molecule has 0 spiro atoms. The maximum absolute atomic E-state index is 13.8. The van der Waals surface area contributed by atoms with E-state index in [1.54, 1.807) is 18.3 Å². The van der Waals surface area contributed by atoms with E-state index in [1.165, 1.54) is 0 Å². The van der Waals surface area contributed by atoms with Crippen LogP contribution in [0.5, 0.6) is 0 Å². The molecule has 2 heterocycles. The van der Waals surface area contributed by atoms with Crippen molar-refractivity contribution in [1.82, 2.24) is 4.98 Å². The molecule has 1 aliphatic rings. The van der Waals surface area contributed by atoms with Crippen LogP contribution in [0.3, 0.4) is 0 Å². The maximum atomic E-state index is 13.8. The Bertz CT molecular complexity index is 618. The Hall–Kier alpha value is -1.37. The van der Waals surface area contributed by atoms with Crippen LogP contribution in [0.1, 0.15) is 24.4 Å². The third-order valence-electron chi connectivity index (χ3n) is 3.70. The number of hydrogen-bond donors (Lipinski definition) is 1. The van der Waals surface area contributed by atoms with Gasteiger partial charge in [0.05, 0.1) is 21.0 Å². The summed E-state index contributed by atoms with van der Waals surface area (Å²) < 4.78 is 14.4. The van der Waals surface area contributed by atoms with Crippen LogP contribution in [-0.2, 0) is 0 Å². The predicted octanol–water partition coefficient (Wildman–Crippen LogP) is 3.75. The van der Waals surface area contributed by atoms with E-state index in [9.17, 15) is 4.39 Å². The standard InChI is InChI=1S/C15H15FIN3/c16-11-7-15(13(18)8-12(11)17)20-6-2-4-14(20)10-3-1-5-19-9-10/h1,3,5,7-9,14H,2,4,6,18H2. The predicted molar refractivity (Wildman–Crippen MR) is 87.1 cm³/mol. The summed E-state index contributed by atoms with van der Waals surface area (Å²) in [6, 6.07) is 7.47. The van der Waals surface area contributed by atoms with Crippen LogP contribution in [0, 0.1) is 9.39 Å². The zero-order valence-electron chi connectivity index (χ0n) is 10.9. The lowest BCUT2D eigenvalue weighted by molar-refractivity contribution is 0.618. The van der Waals surface area contributed by atoms with Crippen molar-refractivity contribution in [3.8, 4) is 0 Å². The smallest absolute Gasteiger partial charge is 0.138 e. The lowest BCUT2D eigenvalue weighted by atomic mass is 10.1. The van der Waals surface area contributed by atoms with E-state index in [0.717, 1.165) is 30.6 Å². The first-order valence-corrected chi connectivity index (χ1v) is 7.66. The topological polar surface area (TPSA) is 42.1 Å². The minimum atomic E-state index is -0.216. The Labute approximate surface area is 131 Å². The number of hydrogen-bond acceptors (Lipinski definition) is 3. The van der Waals surface area contributed by atoms with Crippen LogP contribution >= 0.6 is 22.6 Å². The van der Waals surface area contributed by atoms with E-state index < -0.39 is 0 Å². The fourth-order valence-electron chi connectivity index (χ4n) is 2.78. The van der Waals surface area contributed by atoms with Gasteiger partial charge in [0.1, 0.15) is 5.82 Å². The van der Waals surface area contributed by atoms with Gasteiger partial charge in [-0.25, -0.2) is 4.39 Å². The second kappa shape index (κ2) is 5.55. The third kappa shape index (κ3) is 2.46. The van der Waals surface area contributed by atoms with Gasteiger partial charge in [-0.1, -0.05) is 6.07 Å². The van der Waals surface area contributed by atoms with E-state index >= 15 is 0 Å². The Balaban J connectivity index is 1.99. The Kier molecular flexibility index (Phi) is 3.78. The molecule has 20 heavy (non-hydrogen) atoms. The summed E-state index contributed by atoms with van der Waals surface area (Å²) in [4.78, 5) is 6.36. The van der Waals surface area contributed by atoms with Crippen LogP contribution in [0.25, 0.3) is 0 Å². The molecule has 1 fully saturated rings. The van der Waals surface area contributed by atoms with E-state index in [1.807, 2.05) is 34.9 Å². The van der Waals surface area contributed by atoms with Crippen LogP contribution in [0.2, 0.25) is 0 Å². The number of rotatable bonds is 2. The van der Waals surface area contributed by atoms with Crippen molar-refractivity contribution in [2.75, 3.05) is 17.2 Å². The third-order valence-corrected chi connectivity index (χ3v) is 4.53. The summed E-state index contributed by atoms with van der Waals surface area (Å²) in [5.41, 5.74) is 8.65. The summed E-state index contributed by atoms with van der Waals surface area (Å²) in [7, 11) is 0. The normalized spacial score (nSPS) is 18.5. The molecule has 0 saturated carbocycles. The minimum Gasteiger partial charge on any atom is -0.397 e. The number of aromatic nitrogens is 1. The van der Waals surface area contributed by atoms with Gasteiger partial charge in [0.25, 0.3) is 0 Å². The van der Waals surface area contributed by atoms with Crippen molar-refractivity contribution in [3.05, 3.63) is 51.6 Å². The largest absolute Gasteiger partial charge is 0.397 e. The Morgan fingerprint density at radius 1 is 1.40 bits per heavy atom. The molecule has 104 valence electrons. The molecular weight excluding hydrogens is 368 g/mol. The highest BCUT2D eigenvalue weighted by atomic mass is 127. The van der Waals surface area contributed by atoms with E-state index in [2.05, 4.69) is 16.0 Å². The van der Waals surface area contributed by atoms with Crippen molar-refractivity contribution in [3.63, 3.8) is 0 Å². The average molecular weight is 383 g/mol. The molecule has 3 nitrogen and oxygen atoms in total. The summed E-state index contributed by atoms with van der Waals surface area (Å²) in [6.07, 6.45) is 5.76. The van der Waals surface area contributed by atoms with E-state index in [-0.39, 0.29) is 11.9 Å². The molecule has 3 rings (SSSR count). The number of halogens is 2. The Morgan fingerprint density at radius 3 is 3.00 bits per heavy atom. The van der Waals surface area contributed by atoms with Crippen molar-refractivity contribution in [2.45, 2.75) is 18.9 Å². The van der Waals surface area contributed by atoms with Crippen LogP contribution in [-0.4, -0.2) is 11.5 Å². The van der Waals surface area contributed by atoms with Gasteiger partial charge in [0, 0.05) is 25.0 Å². The fraction of sp³-hybridized carbons (Fsp3) is 0.267. The molecule has 1 aromatic carbocycles. The fourth-order valence-corrected chi connectivity index (χ4v) is 3.27. The quantitative estimate of drug-likeness (QED) is 0.635. The number of anilines is 2. The van der Waals surface area contributed by atoms with Gasteiger partial charge >= 0.3 is 0 Å². The van der Waals surface area contributed by atoms with Crippen molar-refractivity contribution in [1.29, 1.82) is 0 Å². The van der Waals surface area contributed by atoms with E-state index in [4.69, 9.17) is 5.73 Å². The number of pyridine rings is 1. The van der Waals surface area contributed by atoms with Gasteiger partial charge in [-0.15, -0.1) is 0 Å².